The third-order valence-corrected chi connectivity index (χ3v) is 3.59. The summed E-state index contributed by atoms with van der Waals surface area (Å²) in [4.78, 5) is 13.8. The highest BCUT2D eigenvalue weighted by atomic mass is 16.2. The van der Waals surface area contributed by atoms with Gasteiger partial charge < -0.3 is 10.2 Å². The van der Waals surface area contributed by atoms with Crippen molar-refractivity contribution < 1.29 is 4.79 Å². The third kappa shape index (κ3) is 4.12. The summed E-state index contributed by atoms with van der Waals surface area (Å²) >= 11 is 0. The van der Waals surface area contributed by atoms with Crippen LogP contribution in [0.1, 0.15) is 46.5 Å². The first-order chi connectivity index (χ1) is 7.50. The zero-order valence-corrected chi connectivity index (χ0v) is 11.1. The molecule has 0 aromatic heterocycles. The molecule has 0 aliphatic heterocycles. The molecule has 0 aromatic rings. The van der Waals surface area contributed by atoms with Crippen LogP contribution in [0.5, 0.6) is 0 Å². The lowest BCUT2D eigenvalue weighted by Crippen LogP contribution is -2.44. The van der Waals surface area contributed by atoms with Crippen molar-refractivity contribution in [2.24, 2.45) is 5.92 Å². The molecular weight excluding hydrogens is 200 g/mol. The number of amides is 1. The minimum atomic E-state index is 0.230. The monoisotopic (exact) mass is 226 g/mol. The van der Waals surface area contributed by atoms with E-state index in [2.05, 4.69) is 26.1 Å². The molecule has 1 saturated carbocycles. The Morgan fingerprint density at radius 1 is 1.31 bits per heavy atom. The Bertz CT molecular complexity index is 220. The van der Waals surface area contributed by atoms with E-state index < -0.39 is 0 Å². The van der Waals surface area contributed by atoms with Crippen LogP contribution >= 0.6 is 0 Å². The van der Waals surface area contributed by atoms with Crippen LogP contribution in [0.25, 0.3) is 0 Å². The standard InChI is InChI=1S/C13H26N2O/c1-10(2)14-9-13(16)15(4)12-7-5-11(3)6-8-12/h10-12,14H,5-9H2,1-4H3. The maximum atomic E-state index is 11.9. The van der Waals surface area contributed by atoms with Crippen molar-refractivity contribution in [3.8, 4) is 0 Å². The van der Waals surface area contributed by atoms with Crippen LogP contribution in [0, 0.1) is 5.92 Å². The zero-order chi connectivity index (χ0) is 12.1. The number of rotatable bonds is 4. The van der Waals surface area contributed by atoms with Crippen LogP contribution in [0.2, 0.25) is 0 Å². The number of nitrogens with zero attached hydrogens (tertiary/aromatic N) is 1. The highest BCUT2D eigenvalue weighted by Crippen LogP contribution is 2.26. The molecule has 0 bridgehead atoms. The van der Waals surface area contributed by atoms with Crippen LogP contribution in [-0.4, -0.2) is 36.5 Å². The van der Waals surface area contributed by atoms with Gasteiger partial charge in [-0.05, 0) is 31.6 Å². The van der Waals surface area contributed by atoms with Crippen LogP contribution in [-0.2, 0) is 4.79 Å². The van der Waals surface area contributed by atoms with Crippen molar-refractivity contribution in [2.75, 3.05) is 13.6 Å². The van der Waals surface area contributed by atoms with Crippen molar-refractivity contribution in [3.63, 3.8) is 0 Å². The summed E-state index contributed by atoms with van der Waals surface area (Å²) in [5.41, 5.74) is 0. The largest absolute Gasteiger partial charge is 0.342 e. The highest BCUT2D eigenvalue weighted by molar-refractivity contribution is 5.78. The van der Waals surface area contributed by atoms with Gasteiger partial charge in [-0.15, -0.1) is 0 Å². The van der Waals surface area contributed by atoms with Gasteiger partial charge in [-0.2, -0.15) is 0 Å². The van der Waals surface area contributed by atoms with Crippen molar-refractivity contribution >= 4 is 5.91 Å². The molecule has 3 nitrogen and oxygen atoms in total. The Labute approximate surface area is 99.6 Å². The molecular formula is C13H26N2O. The lowest BCUT2D eigenvalue weighted by molar-refractivity contribution is -0.131. The van der Waals surface area contributed by atoms with E-state index in [0.29, 0.717) is 18.6 Å². The van der Waals surface area contributed by atoms with Gasteiger partial charge in [0.15, 0.2) is 0 Å². The number of carbonyl (C=O) groups is 1. The van der Waals surface area contributed by atoms with Gasteiger partial charge >= 0.3 is 0 Å². The van der Waals surface area contributed by atoms with Gasteiger partial charge in [0.1, 0.15) is 0 Å². The average molecular weight is 226 g/mol. The summed E-state index contributed by atoms with van der Waals surface area (Å²) < 4.78 is 0. The second kappa shape index (κ2) is 6.24. The second-order valence-electron chi connectivity index (χ2n) is 5.45. The maximum absolute atomic E-state index is 11.9. The molecule has 1 N–H and O–H groups in total. The van der Waals surface area contributed by atoms with Crippen molar-refractivity contribution in [1.82, 2.24) is 10.2 Å². The minimum absolute atomic E-state index is 0.230. The smallest absolute Gasteiger partial charge is 0.236 e. The Morgan fingerprint density at radius 2 is 1.88 bits per heavy atom. The molecule has 0 spiro atoms. The fraction of sp³-hybridized carbons (Fsp3) is 0.923. The van der Waals surface area contributed by atoms with E-state index in [1.54, 1.807) is 0 Å². The van der Waals surface area contributed by atoms with E-state index in [1.807, 2.05) is 11.9 Å². The Hall–Kier alpha value is -0.570. The fourth-order valence-electron chi connectivity index (χ4n) is 2.25. The summed E-state index contributed by atoms with van der Waals surface area (Å²) in [6.45, 7) is 6.91. The third-order valence-electron chi connectivity index (χ3n) is 3.59. The van der Waals surface area contributed by atoms with E-state index in [9.17, 15) is 4.79 Å². The topological polar surface area (TPSA) is 32.3 Å². The van der Waals surface area contributed by atoms with Gasteiger partial charge in [0, 0.05) is 19.1 Å². The Kier molecular flexibility index (Phi) is 5.26. The molecule has 1 fully saturated rings. The first kappa shape index (κ1) is 13.5. The SMILES string of the molecule is CC1CCC(N(C)C(=O)CNC(C)C)CC1. The molecule has 1 aliphatic rings. The summed E-state index contributed by atoms with van der Waals surface area (Å²) in [5, 5.41) is 3.18. The number of nitrogens with one attached hydrogen (secondary N) is 1. The van der Waals surface area contributed by atoms with Crippen LogP contribution < -0.4 is 5.32 Å². The van der Waals surface area contributed by atoms with E-state index >= 15 is 0 Å². The summed E-state index contributed by atoms with van der Waals surface area (Å²) in [6, 6.07) is 0.849. The molecule has 0 unspecified atom stereocenters. The van der Waals surface area contributed by atoms with Crippen LogP contribution in [0.15, 0.2) is 0 Å². The molecule has 0 atom stereocenters. The summed E-state index contributed by atoms with van der Waals surface area (Å²) in [7, 11) is 1.95. The molecule has 16 heavy (non-hydrogen) atoms. The molecule has 3 heteroatoms. The molecule has 1 rings (SSSR count). The minimum Gasteiger partial charge on any atom is -0.342 e. The van der Waals surface area contributed by atoms with Gasteiger partial charge in [0.25, 0.3) is 0 Å². The first-order valence-corrected chi connectivity index (χ1v) is 6.49. The van der Waals surface area contributed by atoms with Crippen molar-refractivity contribution in [2.45, 2.75) is 58.5 Å². The van der Waals surface area contributed by atoms with E-state index in [-0.39, 0.29) is 5.91 Å². The molecule has 94 valence electrons. The summed E-state index contributed by atoms with van der Waals surface area (Å²) in [5.74, 6) is 1.07. The number of carbonyl (C=O) groups excluding carboxylic acids is 1. The van der Waals surface area contributed by atoms with Gasteiger partial charge in [-0.3, -0.25) is 4.79 Å². The molecule has 1 aliphatic carbocycles. The normalized spacial score (nSPS) is 25.8. The number of hydrogen-bond donors (Lipinski definition) is 1. The van der Waals surface area contributed by atoms with Gasteiger partial charge in [0.05, 0.1) is 6.54 Å². The van der Waals surface area contributed by atoms with E-state index in [4.69, 9.17) is 0 Å². The molecule has 0 saturated heterocycles. The number of likely N-dealkylation sites (N-methyl/N-ethyl adjacent to an activating group) is 1. The van der Waals surface area contributed by atoms with Crippen LogP contribution in [0.3, 0.4) is 0 Å². The van der Waals surface area contributed by atoms with E-state index in [0.717, 1.165) is 5.92 Å². The molecule has 1 amide bonds. The van der Waals surface area contributed by atoms with Crippen molar-refractivity contribution in [3.05, 3.63) is 0 Å². The highest BCUT2D eigenvalue weighted by Gasteiger charge is 2.24. The molecule has 0 radical (unpaired) electrons. The van der Waals surface area contributed by atoms with Crippen molar-refractivity contribution in [1.29, 1.82) is 0 Å². The average Bonchev–Trinajstić information content (AvgIpc) is 2.26. The molecule has 0 heterocycles. The van der Waals surface area contributed by atoms with Gasteiger partial charge in [-0.25, -0.2) is 0 Å². The quantitative estimate of drug-likeness (QED) is 0.795. The van der Waals surface area contributed by atoms with Gasteiger partial charge in [0.2, 0.25) is 5.91 Å². The Morgan fingerprint density at radius 3 is 2.38 bits per heavy atom. The Balaban J connectivity index is 2.32. The second-order valence-corrected chi connectivity index (χ2v) is 5.45. The fourth-order valence-corrected chi connectivity index (χ4v) is 2.25. The summed E-state index contributed by atoms with van der Waals surface area (Å²) in [6.07, 6.45) is 4.87. The lowest BCUT2D eigenvalue weighted by Gasteiger charge is -2.33. The number of hydrogen-bond acceptors (Lipinski definition) is 2. The van der Waals surface area contributed by atoms with Crippen LogP contribution in [0.4, 0.5) is 0 Å². The predicted molar refractivity (Wildman–Crippen MR) is 67.3 cm³/mol. The first-order valence-electron chi connectivity index (χ1n) is 6.49. The maximum Gasteiger partial charge on any atom is 0.236 e. The zero-order valence-electron chi connectivity index (χ0n) is 11.1. The van der Waals surface area contributed by atoms with E-state index in [1.165, 1.54) is 25.7 Å². The predicted octanol–water partition coefficient (Wildman–Crippen LogP) is 2.02. The lowest BCUT2D eigenvalue weighted by atomic mass is 9.87. The van der Waals surface area contributed by atoms with Gasteiger partial charge in [-0.1, -0.05) is 20.8 Å². The molecule has 0 aromatic carbocycles.